The fraction of sp³-hybridized carbons (Fsp3) is 0.333. The van der Waals surface area contributed by atoms with Crippen LogP contribution in [0.3, 0.4) is 0 Å². The highest BCUT2D eigenvalue weighted by atomic mass is 19.1. The van der Waals surface area contributed by atoms with Crippen molar-refractivity contribution in [3.05, 3.63) is 53.7 Å². The van der Waals surface area contributed by atoms with E-state index in [-0.39, 0.29) is 11.9 Å². The second-order valence-electron chi connectivity index (χ2n) is 4.56. The number of rotatable bonds is 5. The Morgan fingerprint density at radius 1 is 1.21 bits per heavy atom. The maximum Gasteiger partial charge on any atom is 0.130 e. The Bertz CT molecular complexity index is 525. The Kier molecular flexibility index (Phi) is 4.44. The number of aryl methyl sites for hydroxylation is 1. The van der Waals surface area contributed by atoms with E-state index in [1.807, 2.05) is 13.0 Å². The summed E-state index contributed by atoms with van der Waals surface area (Å²) in [4.78, 5) is 8.43. The van der Waals surface area contributed by atoms with E-state index >= 15 is 0 Å². The summed E-state index contributed by atoms with van der Waals surface area (Å²) in [6, 6.07) is 8.53. The molecule has 1 unspecified atom stereocenters. The number of hydrogen-bond donors (Lipinski definition) is 1. The average molecular weight is 259 g/mol. The van der Waals surface area contributed by atoms with Crippen LogP contribution < -0.4 is 5.32 Å². The van der Waals surface area contributed by atoms with Gasteiger partial charge in [-0.3, -0.25) is 0 Å². The Hall–Kier alpha value is -1.97. The normalized spacial score (nSPS) is 12.2. The molecule has 1 aromatic carbocycles. The number of nitrogens with one attached hydrogen (secondary N) is 1. The van der Waals surface area contributed by atoms with Gasteiger partial charge in [-0.1, -0.05) is 25.5 Å². The van der Waals surface area contributed by atoms with Crippen molar-refractivity contribution in [2.75, 3.05) is 5.32 Å². The van der Waals surface area contributed by atoms with Crippen LogP contribution in [0.4, 0.5) is 10.2 Å². The van der Waals surface area contributed by atoms with Gasteiger partial charge < -0.3 is 5.32 Å². The van der Waals surface area contributed by atoms with Crippen molar-refractivity contribution in [1.29, 1.82) is 0 Å². The van der Waals surface area contributed by atoms with E-state index in [9.17, 15) is 4.39 Å². The van der Waals surface area contributed by atoms with Gasteiger partial charge in [0.2, 0.25) is 0 Å². The van der Waals surface area contributed by atoms with E-state index in [4.69, 9.17) is 0 Å². The van der Waals surface area contributed by atoms with Crippen molar-refractivity contribution in [2.45, 2.75) is 32.7 Å². The SMILES string of the molecule is CCCc1cc(NC(C)c2ccc(F)cc2)ncn1. The van der Waals surface area contributed by atoms with Crippen LogP contribution in [0.5, 0.6) is 0 Å². The molecule has 0 aliphatic carbocycles. The molecule has 0 aliphatic rings. The van der Waals surface area contributed by atoms with Crippen molar-refractivity contribution < 1.29 is 4.39 Å². The predicted molar refractivity (Wildman–Crippen MR) is 74.5 cm³/mol. The van der Waals surface area contributed by atoms with Crippen molar-refractivity contribution >= 4 is 5.82 Å². The summed E-state index contributed by atoms with van der Waals surface area (Å²) in [6.45, 7) is 4.14. The number of halogens is 1. The zero-order chi connectivity index (χ0) is 13.7. The van der Waals surface area contributed by atoms with Gasteiger partial charge in [-0.2, -0.15) is 0 Å². The molecular formula is C15H18FN3. The molecule has 0 saturated carbocycles. The van der Waals surface area contributed by atoms with Gasteiger partial charge in [0.25, 0.3) is 0 Å². The van der Waals surface area contributed by atoms with Crippen LogP contribution in [0.15, 0.2) is 36.7 Å². The van der Waals surface area contributed by atoms with Crippen LogP contribution in [0.25, 0.3) is 0 Å². The monoisotopic (exact) mass is 259 g/mol. The van der Waals surface area contributed by atoms with E-state index in [0.29, 0.717) is 0 Å². The lowest BCUT2D eigenvalue weighted by Crippen LogP contribution is -2.08. The van der Waals surface area contributed by atoms with Crippen LogP contribution in [-0.4, -0.2) is 9.97 Å². The third-order valence-electron chi connectivity index (χ3n) is 2.96. The molecule has 0 bridgehead atoms. The van der Waals surface area contributed by atoms with Crippen molar-refractivity contribution in [2.24, 2.45) is 0 Å². The Morgan fingerprint density at radius 2 is 1.95 bits per heavy atom. The van der Waals surface area contributed by atoms with Crippen molar-refractivity contribution in [3.8, 4) is 0 Å². The molecule has 100 valence electrons. The molecule has 4 heteroatoms. The smallest absolute Gasteiger partial charge is 0.130 e. The van der Waals surface area contributed by atoms with Crippen LogP contribution >= 0.6 is 0 Å². The average Bonchev–Trinajstić information content (AvgIpc) is 2.40. The molecule has 0 aliphatic heterocycles. The molecule has 1 atom stereocenters. The molecule has 0 saturated heterocycles. The van der Waals surface area contributed by atoms with Gasteiger partial charge in [-0.05, 0) is 31.0 Å². The predicted octanol–water partition coefficient (Wildman–Crippen LogP) is 3.74. The number of benzene rings is 1. The van der Waals surface area contributed by atoms with Crippen LogP contribution in [-0.2, 0) is 6.42 Å². The third-order valence-corrected chi connectivity index (χ3v) is 2.96. The molecule has 0 spiro atoms. The standard InChI is InChI=1S/C15H18FN3/c1-3-4-14-9-15(18-10-17-14)19-11(2)12-5-7-13(16)8-6-12/h5-11H,3-4H2,1-2H3,(H,17,18,19). The molecule has 2 aromatic rings. The molecule has 3 nitrogen and oxygen atoms in total. The molecular weight excluding hydrogens is 241 g/mol. The van der Waals surface area contributed by atoms with E-state index in [0.717, 1.165) is 29.9 Å². The Labute approximate surface area is 112 Å². The first kappa shape index (κ1) is 13.5. The molecule has 1 heterocycles. The second-order valence-corrected chi connectivity index (χ2v) is 4.56. The van der Waals surface area contributed by atoms with Crippen molar-refractivity contribution in [3.63, 3.8) is 0 Å². The summed E-state index contributed by atoms with van der Waals surface area (Å²) in [5.41, 5.74) is 2.06. The number of aromatic nitrogens is 2. The molecule has 19 heavy (non-hydrogen) atoms. The number of anilines is 1. The lowest BCUT2D eigenvalue weighted by atomic mass is 10.1. The fourth-order valence-electron chi connectivity index (χ4n) is 1.93. The highest BCUT2D eigenvalue weighted by Gasteiger charge is 2.06. The second kappa shape index (κ2) is 6.27. The van der Waals surface area contributed by atoms with Gasteiger partial charge in [-0.15, -0.1) is 0 Å². The topological polar surface area (TPSA) is 37.8 Å². The lowest BCUT2D eigenvalue weighted by molar-refractivity contribution is 0.626. The van der Waals surface area contributed by atoms with Crippen molar-refractivity contribution in [1.82, 2.24) is 9.97 Å². The van der Waals surface area contributed by atoms with E-state index in [1.54, 1.807) is 18.5 Å². The maximum atomic E-state index is 12.9. The lowest BCUT2D eigenvalue weighted by Gasteiger charge is -2.15. The summed E-state index contributed by atoms with van der Waals surface area (Å²) in [6.07, 6.45) is 3.58. The first-order valence-electron chi connectivity index (χ1n) is 6.52. The summed E-state index contributed by atoms with van der Waals surface area (Å²) in [5, 5.41) is 3.30. The molecule has 0 radical (unpaired) electrons. The van der Waals surface area contributed by atoms with E-state index in [2.05, 4.69) is 22.2 Å². The minimum absolute atomic E-state index is 0.0741. The molecule has 1 N–H and O–H groups in total. The van der Waals surface area contributed by atoms with Crippen LogP contribution in [0, 0.1) is 5.82 Å². The molecule has 0 fully saturated rings. The van der Waals surface area contributed by atoms with Gasteiger partial charge in [0.05, 0.1) is 0 Å². The fourth-order valence-corrected chi connectivity index (χ4v) is 1.93. The van der Waals surface area contributed by atoms with Gasteiger partial charge in [-0.25, -0.2) is 14.4 Å². The van der Waals surface area contributed by atoms with E-state index < -0.39 is 0 Å². The summed E-state index contributed by atoms with van der Waals surface area (Å²) >= 11 is 0. The number of hydrogen-bond acceptors (Lipinski definition) is 3. The highest BCUT2D eigenvalue weighted by Crippen LogP contribution is 2.18. The highest BCUT2D eigenvalue weighted by molar-refractivity contribution is 5.38. The molecule has 1 aromatic heterocycles. The third kappa shape index (κ3) is 3.74. The zero-order valence-corrected chi connectivity index (χ0v) is 11.2. The van der Waals surface area contributed by atoms with E-state index in [1.165, 1.54) is 12.1 Å². The summed E-state index contributed by atoms with van der Waals surface area (Å²) in [5.74, 6) is 0.582. The van der Waals surface area contributed by atoms with Gasteiger partial charge in [0.1, 0.15) is 18.0 Å². The Morgan fingerprint density at radius 3 is 2.63 bits per heavy atom. The number of nitrogens with zero attached hydrogens (tertiary/aromatic N) is 2. The molecule has 0 amide bonds. The summed E-state index contributed by atoms with van der Waals surface area (Å²) < 4.78 is 12.9. The minimum Gasteiger partial charge on any atom is -0.363 e. The first-order chi connectivity index (χ1) is 9.19. The zero-order valence-electron chi connectivity index (χ0n) is 11.2. The largest absolute Gasteiger partial charge is 0.363 e. The van der Waals surface area contributed by atoms with Crippen LogP contribution in [0.1, 0.15) is 37.6 Å². The Balaban J connectivity index is 2.07. The van der Waals surface area contributed by atoms with Crippen LogP contribution in [0.2, 0.25) is 0 Å². The quantitative estimate of drug-likeness (QED) is 0.888. The van der Waals surface area contributed by atoms with Gasteiger partial charge >= 0.3 is 0 Å². The van der Waals surface area contributed by atoms with Gasteiger partial charge in [0, 0.05) is 17.8 Å². The minimum atomic E-state index is -0.219. The summed E-state index contributed by atoms with van der Waals surface area (Å²) in [7, 11) is 0. The first-order valence-corrected chi connectivity index (χ1v) is 6.52. The van der Waals surface area contributed by atoms with Gasteiger partial charge in [0.15, 0.2) is 0 Å². The molecule has 2 rings (SSSR count). The maximum absolute atomic E-state index is 12.9.